The Labute approximate surface area is 190 Å². The second-order valence-electron chi connectivity index (χ2n) is 9.52. The van der Waals surface area contributed by atoms with Crippen LogP contribution in [0.5, 0.6) is 0 Å². The summed E-state index contributed by atoms with van der Waals surface area (Å²) in [5.41, 5.74) is 0.562. The van der Waals surface area contributed by atoms with Gasteiger partial charge in [0.2, 0.25) is 5.91 Å². The number of hydrogen-bond acceptors (Lipinski definition) is 5. The van der Waals surface area contributed by atoms with Crippen LogP contribution in [0.3, 0.4) is 0 Å². The summed E-state index contributed by atoms with van der Waals surface area (Å²) in [7, 11) is 0. The maximum absolute atomic E-state index is 12.9. The molecule has 3 aliphatic rings. The van der Waals surface area contributed by atoms with E-state index in [1.807, 2.05) is 15.9 Å². The van der Waals surface area contributed by atoms with Gasteiger partial charge in [0.05, 0.1) is 5.56 Å². The molecule has 32 heavy (non-hydrogen) atoms. The molecule has 3 fully saturated rings. The van der Waals surface area contributed by atoms with Crippen molar-refractivity contribution in [2.24, 2.45) is 11.8 Å². The van der Waals surface area contributed by atoms with Gasteiger partial charge >= 0.3 is 6.03 Å². The number of rotatable bonds is 3. The molecule has 4 rings (SSSR count). The molecule has 3 amide bonds. The number of nitriles is 1. The van der Waals surface area contributed by atoms with Crippen LogP contribution in [-0.4, -0.2) is 72.0 Å². The van der Waals surface area contributed by atoms with Gasteiger partial charge in [-0.15, -0.1) is 0 Å². The summed E-state index contributed by atoms with van der Waals surface area (Å²) in [6.45, 7) is 6.96. The number of pyridine rings is 1. The Kier molecular flexibility index (Phi) is 7.13. The van der Waals surface area contributed by atoms with Gasteiger partial charge in [0.25, 0.3) is 0 Å². The number of amides is 3. The predicted octanol–water partition coefficient (Wildman–Crippen LogP) is 2.60. The third-order valence-electron chi connectivity index (χ3n) is 7.12. The lowest BCUT2D eigenvalue weighted by atomic mass is 9.93. The van der Waals surface area contributed by atoms with Gasteiger partial charge in [0.15, 0.2) is 0 Å². The van der Waals surface area contributed by atoms with E-state index >= 15 is 0 Å². The molecule has 3 saturated heterocycles. The number of hydrogen-bond donors (Lipinski definition) is 1. The van der Waals surface area contributed by atoms with Crippen molar-refractivity contribution >= 4 is 17.8 Å². The second-order valence-corrected chi connectivity index (χ2v) is 9.52. The quantitative estimate of drug-likeness (QED) is 0.783. The standard InChI is InChI=1S/C24H34N6O2/c1-18-3-2-10-30(17-18)23(31)20-6-11-29(12-7-20)24(32)27-21-8-13-28(14-9-21)22-5-4-19(15-25)16-26-22/h4-5,16,18,20-21H,2-3,6-14,17H2,1H3,(H,27,32). The first-order valence-electron chi connectivity index (χ1n) is 12.0. The zero-order valence-corrected chi connectivity index (χ0v) is 19.0. The first kappa shape index (κ1) is 22.4. The molecule has 0 saturated carbocycles. The molecule has 1 aromatic heterocycles. The number of aromatic nitrogens is 1. The summed E-state index contributed by atoms with van der Waals surface area (Å²) < 4.78 is 0. The van der Waals surface area contributed by atoms with Crippen LogP contribution in [0.1, 0.15) is 51.0 Å². The lowest BCUT2D eigenvalue weighted by molar-refractivity contribution is -0.138. The number of piperidine rings is 3. The van der Waals surface area contributed by atoms with E-state index in [1.165, 1.54) is 6.42 Å². The Balaban J connectivity index is 1.19. The third-order valence-corrected chi connectivity index (χ3v) is 7.12. The van der Waals surface area contributed by atoms with Gasteiger partial charge in [0.1, 0.15) is 11.9 Å². The molecule has 172 valence electrons. The molecule has 1 atom stereocenters. The van der Waals surface area contributed by atoms with Crippen molar-refractivity contribution in [2.45, 2.75) is 51.5 Å². The van der Waals surface area contributed by atoms with E-state index in [0.717, 1.165) is 64.1 Å². The molecule has 1 N–H and O–H groups in total. The van der Waals surface area contributed by atoms with Crippen LogP contribution in [-0.2, 0) is 4.79 Å². The summed E-state index contributed by atoms with van der Waals surface area (Å²) in [6, 6.07) is 5.92. The van der Waals surface area contributed by atoms with Crippen molar-refractivity contribution in [3.8, 4) is 6.07 Å². The molecular formula is C24H34N6O2. The minimum absolute atomic E-state index is 0.00237. The fourth-order valence-corrected chi connectivity index (χ4v) is 5.14. The Hall–Kier alpha value is -2.82. The Bertz CT molecular complexity index is 835. The molecule has 8 heteroatoms. The lowest BCUT2D eigenvalue weighted by Gasteiger charge is -2.38. The van der Waals surface area contributed by atoms with Crippen molar-refractivity contribution in [1.82, 2.24) is 20.1 Å². The van der Waals surface area contributed by atoms with Gasteiger partial charge in [0, 0.05) is 57.4 Å². The molecule has 1 unspecified atom stereocenters. The number of carbonyl (C=O) groups is 2. The predicted molar refractivity (Wildman–Crippen MR) is 122 cm³/mol. The van der Waals surface area contributed by atoms with Gasteiger partial charge in [-0.05, 0) is 56.6 Å². The lowest BCUT2D eigenvalue weighted by Crippen LogP contribution is -2.52. The molecule has 8 nitrogen and oxygen atoms in total. The normalized spacial score (nSPS) is 23.0. The molecule has 0 aliphatic carbocycles. The fraction of sp³-hybridized carbons (Fsp3) is 0.667. The van der Waals surface area contributed by atoms with Gasteiger partial charge in [-0.1, -0.05) is 6.92 Å². The summed E-state index contributed by atoms with van der Waals surface area (Å²) in [5.74, 6) is 1.83. The number of urea groups is 1. The monoisotopic (exact) mass is 438 g/mol. The first-order chi connectivity index (χ1) is 15.5. The average molecular weight is 439 g/mol. The van der Waals surface area contributed by atoms with E-state index in [1.54, 1.807) is 12.3 Å². The smallest absolute Gasteiger partial charge is 0.317 e. The average Bonchev–Trinajstić information content (AvgIpc) is 2.84. The van der Waals surface area contributed by atoms with Gasteiger partial charge in [-0.2, -0.15) is 5.26 Å². The van der Waals surface area contributed by atoms with Crippen LogP contribution in [0, 0.1) is 23.2 Å². The van der Waals surface area contributed by atoms with E-state index in [9.17, 15) is 9.59 Å². The Morgan fingerprint density at radius 3 is 2.41 bits per heavy atom. The SMILES string of the molecule is CC1CCCN(C(=O)C2CCN(C(=O)NC3CCN(c4ccc(C#N)cn4)CC3)CC2)C1. The van der Waals surface area contributed by atoms with Gasteiger partial charge in [-0.3, -0.25) is 4.79 Å². The van der Waals surface area contributed by atoms with Crippen molar-refractivity contribution < 1.29 is 9.59 Å². The molecule has 1 aromatic rings. The molecular weight excluding hydrogens is 404 g/mol. The number of nitrogens with one attached hydrogen (secondary N) is 1. The van der Waals surface area contributed by atoms with Crippen LogP contribution in [0.25, 0.3) is 0 Å². The fourth-order valence-electron chi connectivity index (χ4n) is 5.14. The number of anilines is 1. The van der Waals surface area contributed by atoms with Crippen LogP contribution in [0.15, 0.2) is 18.3 Å². The van der Waals surface area contributed by atoms with Crippen molar-refractivity contribution in [3.05, 3.63) is 23.9 Å². The minimum Gasteiger partial charge on any atom is -0.356 e. The number of nitrogens with zero attached hydrogens (tertiary/aromatic N) is 5. The van der Waals surface area contributed by atoms with Crippen molar-refractivity contribution in [1.29, 1.82) is 5.26 Å². The first-order valence-corrected chi connectivity index (χ1v) is 12.0. The van der Waals surface area contributed by atoms with Gasteiger partial charge < -0.3 is 20.0 Å². The zero-order chi connectivity index (χ0) is 22.5. The maximum Gasteiger partial charge on any atom is 0.317 e. The van der Waals surface area contributed by atoms with Crippen LogP contribution in [0.4, 0.5) is 10.6 Å². The summed E-state index contributed by atoms with van der Waals surface area (Å²) in [4.78, 5) is 36.1. The molecule has 3 aliphatic heterocycles. The van der Waals surface area contributed by atoms with E-state index in [0.29, 0.717) is 30.5 Å². The topological polar surface area (TPSA) is 92.6 Å². The maximum atomic E-state index is 12.9. The van der Waals surface area contributed by atoms with E-state index in [-0.39, 0.29) is 18.0 Å². The van der Waals surface area contributed by atoms with Crippen molar-refractivity contribution in [2.75, 3.05) is 44.2 Å². The highest BCUT2D eigenvalue weighted by atomic mass is 16.2. The third kappa shape index (κ3) is 5.32. The Morgan fingerprint density at radius 1 is 1.03 bits per heavy atom. The second kappa shape index (κ2) is 10.2. The van der Waals surface area contributed by atoms with Crippen LogP contribution in [0.2, 0.25) is 0 Å². The van der Waals surface area contributed by atoms with Crippen LogP contribution < -0.4 is 10.2 Å². The highest BCUT2D eigenvalue weighted by molar-refractivity contribution is 5.80. The van der Waals surface area contributed by atoms with Crippen LogP contribution >= 0.6 is 0 Å². The summed E-state index contributed by atoms with van der Waals surface area (Å²) in [5, 5.41) is 12.1. The minimum atomic E-state index is -0.00237. The number of likely N-dealkylation sites (tertiary alicyclic amines) is 2. The molecule has 0 bridgehead atoms. The summed E-state index contributed by atoms with van der Waals surface area (Å²) >= 11 is 0. The van der Waals surface area contributed by atoms with Gasteiger partial charge in [-0.25, -0.2) is 9.78 Å². The highest BCUT2D eigenvalue weighted by Gasteiger charge is 2.32. The molecule has 0 radical (unpaired) electrons. The summed E-state index contributed by atoms with van der Waals surface area (Å²) in [6.07, 6.45) is 7.19. The zero-order valence-electron chi connectivity index (χ0n) is 19.0. The highest BCUT2D eigenvalue weighted by Crippen LogP contribution is 2.24. The largest absolute Gasteiger partial charge is 0.356 e. The van der Waals surface area contributed by atoms with Crippen molar-refractivity contribution in [3.63, 3.8) is 0 Å². The number of carbonyl (C=O) groups excluding carboxylic acids is 2. The van der Waals surface area contributed by atoms with E-state index < -0.39 is 0 Å². The molecule has 0 spiro atoms. The van der Waals surface area contributed by atoms with E-state index in [4.69, 9.17) is 5.26 Å². The van der Waals surface area contributed by atoms with E-state index in [2.05, 4.69) is 28.2 Å². The Morgan fingerprint density at radius 2 is 1.78 bits per heavy atom. The molecule has 0 aromatic carbocycles. The molecule has 4 heterocycles.